The molecule has 0 fully saturated rings. The number of likely N-dealkylation sites (N-methyl/N-ethyl adjacent to an activating group) is 1. The summed E-state index contributed by atoms with van der Waals surface area (Å²) in [5, 5.41) is 8.79. The largest absolute Gasteiger partial charge is 0.478 e. The number of hydrogen-bond acceptors (Lipinski definition) is 2. The monoisotopic (exact) mass is 273 g/mol. The van der Waals surface area contributed by atoms with Crippen LogP contribution in [-0.2, 0) is 6.42 Å². The number of rotatable bonds is 5. The first-order valence-electron chi connectivity index (χ1n) is 6.36. The average Bonchev–Trinajstić information content (AvgIpc) is 2.45. The molecule has 0 aromatic heterocycles. The van der Waals surface area contributed by atoms with Gasteiger partial charge in [0.15, 0.2) is 0 Å². The van der Waals surface area contributed by atoms with E-state index in [-0.39, 0.29) is 5.56 Å². The highest BCUT2D eigenvalue weighted by Crippen LogP contribution is 2.18. The Bertz CT molecular complexity index is 599. The van der Waals surface area contributed by atoms with Crippen LogP contribution in [0.15, 0.2) is 48.5 Å². The van der Waals surface area contributed by atoms with E-state index in [2.05, 4.69) is 0 Å². The van der Waals surface area contributed by atoms with Gasteiger partial charge >= 0.3 is 5.97 Å². The Balaban J connectivity index is 2.04. The van der Waals surface area contributed by atoms with Gasteiger partial charge in [-0.05, 0) is 30.2 Å². The van der Waals surface area contributed by atoms with E-state index < -0.39 is 11.8 Å². The summed E-state index contributed by atoms with van der Waals surface area (Å²) < 4.78 is 13.6. The lowest BCUT2D eigenvalue weighted by Gasteiger charge is -2.19. The number of halogens is 1. The maximum Gasteiger partial charge on any atom is 0.338 e. The summed E-state index contributed by atoms with van der Waals surface area (Å²) in [6, 6.07) is 14.2. The Morgan fingerprint density at radius 2 is 1.90 bits per heavy atom. The number of aromatic carboxylic acids is 1. The number of carboxylic acids is 1. The normalized spacial score (nSPS) is 10.3. The van der Waals surface area contributed by atoms with Gasteiger partial charge in [-0.2, -0.15) is 0 Å². The van der Waals surface area contributed by atoms with Crippen LogP contribution in [0.25, 0.3) is 0 Å². The van der Waals surface area contributed by atoms with Crippen LogP contribution in [-0.4, -0.2) is 24.7 Å². The van der Waals surface area contributed by atoms with Crippen molar-refractivity contribution in [2.24, 2.45) is 0 Å². The Hall–Kier alpha value is -2.36. The van der Waals surface area contributed by atoms with Gasteiger partial charge in [0, 0.05) is 19.3 Å². The van der Waals surface area contributed by atoms with Gasteiger partial charge < -0.3 is 10.0 Å². The van der Waals surface area contributed by atoms with Crippen LogP contribution in [0.5, 0.6) is 0 Å². The predicted octanol–water partition coefficient (Wildman–Crippen LogP) is 3.20. The molecule has 0 aliphatic rings. The van der Waals surface area contributed by atoms with Crippen LogP contribution in [0, 0.1) is 5.82 Å². The molecule has 0 aliphatic carbocycles. The van der Waals surface area contributed by atoms with E-state index in [1.54, 1.807) is 6.07 Å². The molecule has 0 unspecified atom stereocenters. The van der Waals surface area contributed by atoms with Crippen molar-refractivity contribution >= 4 is 11.7 Å². The van der Waals surface area contributed by atoms with Crippen molar-refractivity contribution in [2.45, 2.75) is 6.42 Å². The average molecular weight is 273 g/mol. The highest BCUT2D eigenvalue weighted by Gasteiger charge is 2.11. The first-order chi connectivity index (χ1) is 9.58. The van der Waals surface area contributed by atoms with E-state index in [0.29, 0.717) is 5.69 Å². The molecular formula is C16H16FNO2. The molecule has 0 radical (unpaired) electrons. The van der Waals surface area contributed by atoms with Gasteiger partial charge in [-0.1, -0.05) is 30.3 Å². The molecule has 3 nitrogen and oxygen atoms in total. The molecular weight excluding hydrogens is 257 g/mol. The molecule has 20 heavy (non-hydrogen) atoms. The van der Waals surface area contributed by atoms with Gasteiger partial charge in [-0.25, -0.2) is 9.18 Å². The summed E-state index contributed by atoms with van der Waals surface area (Å²) in [5.74, 6) is -1.96. The van der Waals surface area contributed by atoms with Crippen LogP contribution >= 0.6 is 0 Å². The topological polar surface area (TPSA) is 40.5 Å². The zero-order valence-corrected chi connectivity index (χ0v) is 11.2. The van der Waals surface area contributed by atoms with Gasteiger partial charge in [-0.15, -0.1) is 0 Å². The lowest BCUT2D eigenvalue weighted by molar-refractivity contribution is 0.0692. The van der Waals surface area contributed by atoms with E-state index in [1.165, 1.54) is 17.7 Å². The molecule has 0 saturated heterocycles. The highest BCUT2D eigenvalue weighted by molar-refractivity contribution is 5.88. The Morgan fingerprint density at radius 1 is 1.20 bits per heavy atom. The maximum absolute atomic E-state index is 13.6. The van der Waals surface area contributed by atoms with Crippen molar-refractivity contribution in [3.63, 3.8) is 0 Å². The fraction of sp³-hybridized carbons (Fsp3) is 0.188. The molecule has 1 N–H and O–H groups in total. The van der Waals surface area contributed by atoms with Crippen LogP contribution < -0.4 is 4.90 Å². The van der Waals surface area contributed by atoms with Crippen LogP contribution in [0.2, 0.25) is 0 Å². The summed E-state index contributed by atoms with van der Waals surface area (Å²) in [7, 11) is 1.86. The van der Waals surface area contributed by atoms with Gasteiger partial charge in [-0.3, -0.25) is 0 Å². The smallest absolute Gasteiger partial charge is 0.338 e. The third-order valence-corrected chi connectivity index (χ3v) is 3.20. The molecule has 0 heterocycles. The van der Waals surface area contributed by atoms with E-state index in [9.17, 15) is 9.18 Å². The second-order valence-corrected chi connectivity index (χ2v) is 4.63. The van der Waals surface area contributed by atoms with E-state index >= 15 is 0 Å². The lowest BCUT2D eigenvalue weighted by atomic mass is 10.1. The molecule has 0 bridgehead atoms. The zero-order chi connectivity index (χ0) is 14.5. The molecule has 2 rings (SSSR count). The van der Waals surface area contributed by atoms with Crippen molar-refractivity contribution in [3.8, 4) is 0 Å². The van der Waals surface area contributed by atoms with Crippen LogP contribution in [0.1, 0.15) is 15.9 Å². The molecule has 0 saturated carbocycles. The first-order valence-corrected chi connectivity index (χ1v) is 6.36. The predicted molar refractivity (Wildman–Crippen MR) is 76.8 cm³/mol. The van der Waals surface area contributed by atoms with Crippen LogP contribution in [0.4, 0.5) is 10.1 Å². The summed E-state index contributed by atoms with van der Waals surface area (Å²) in [4.78, 5) is 12.7. The van der Waals surface area contributed by atoms with E-state index in [0.717, 1.165) is 13.0 Å². The fourth-order valence-electron chi connectivity index (χ4n) is 1.99. The van der Waals surface area contributed by atoms with Crippen molar-refractivity contribution in [3.05, 3.63) is 65.5 Å². The van der Waals surface area contributed by atoms with Crippen molar-refractivity contribution in [1.29, 1.82) is 0 Å². The standard InChI is InChI=1S/C16H16FNO2/c1-18(10-9-12-5-3-2-4-6-12)13-7-8-14(16(19)20)15(17)11-13/h2-8,11H,9-10H2,1H3,(H,19,20). The summed E-state index contributed by atoms with van der Waals surface area (Å²) >= 11 is 0. The first kappa shape index (κ1) is 14.1. The number of benzene rings is 2. The van der Waals surface area contributed by atoms with E-state index in [4.69, 9.17) is 5.11 Å². The molecule has 0 spiro atoms. The molecule has 104 valence electrons. The number of hydrogen-bond donors (Lipinski definition) is 1. The Morgan fingerprint density at radius 3 is 2.50 bits per heavy atom. The lowest BCUT2D eigenvalue weighted by Crippen LogP contribution is -2.20. The van der Waals surface area contributed by atoms with Gasteiger partial charge in [0.05, 0.1) is 5.56 Å². The molecule has 2 aromatic carbocycles. The van der Waals surface area contributed by atoms with Gasteiger partial charge in [0.25, 0.3) is 0 Å². The summed E-state index contributed by atoms with van der Waals surface area (Å²) in [6.45, 7) is 0.732. The van der Waals surface area contributed by atoms with Crippen molar-refractivity contribution in [2.75, 3.05) is 18.5 Å². The highest BCUT2D eigenvalue weighted by atomic mass is 19.1. The molecule has 0 amide bonds. The third-order valence-electron chi connectivity index (χ3n) is 3.20. The second-order valence-electron chi connectivity index (χ2n) is 4.63. The summed E-state index contributed by atoms with van der Waals surface area (Å²) in [5.41, 5.74) is 1.58. The molecule has 0 aliphatic heterocycles. The summed E-state index contributed by atoms with van der Waals surface area (Å²) in [6.07, 6.45) is 0.847. The number of carbonyl (C=O) groups is 1. The maximum atomic E-state index is 13.6. The van der Waals surface area contributed by atoms with Crippen molar-refractivity contribution < 1.29 is 14.3 Å². The minimum absolute atomic E-state index is 0.301. The second kappa shape index (κ2) is 6.19. The molecule has 2 aromatic rings. The minimum atomic E-state index is -1.25. The third kappa shape index (κ3) is 3.35. The molecule has 4 heteroatoms. The fourth-order valence-corrected chi connectivity index (χ4v) is 1.99. The quantitative estimate of drug-likeness (QED) is 0.909. The zero-order valence-electron chi connectivity index (χ0n) is 11.2. The van der Waals surface area contributed by atoms with Crippen molar-refractivity contribution in [1.82, 2.24) is 0 Å². The Labute approximate surface area is 117 Å². The van der Waals surface area contributed by atoms with Gasteiger partial charge in [0.2, 0.25) is 0 Å². The number of carboxylic acid groups (broad SMARTS) is 1. The van der Waals surface area contributed by atoms with Gasteiger partial charge in [0.1, 0.15) is 5.82 Å². The number of anilines is 1. The molecule has 0 atom stereocenters. The van der Waals surface area contributed by atoms with Crippen LogP contribution in [0.3, 0.4) is 0 Å². The SMILES string of the molecule is CN(CCc1ccccc1)c1ccc(C(=O)O)c(F)c1. The minimum Gasteiger partial charge on any atom is -0.478 e. The van der Waals surface area contributed by atoms with E-state index in [1.807, 2.05) is 42.3 Å². The Kier molecular flexibility index (Phi) is 4.35. The number of nitrogens with zero attached hydrogens (tertiary/aromatic N) is 1.